The first kappa shape index (κ1) is 15.5. The number of fused-ring (bicyclic) bond motifs is 2. The molecule has 7 nitrogen and oxygen atoms in total. The topological polar surface area (TPSA) is 89.6 Å². The van der Waals surface area contributed by atoms with Crippen molar-refractivity contribution < 1.29 is 19.7 Å². The maximum absolute atomic E-state index is 10.4. The summed E-state index contributed by atoms with van der Waals surface area (Å²) in [7, 11) is 0. The molecule has 27 heavy (non-hydrogen) atoms. The number of hydrogen-bond donors (Lipinski definition) is 2. The highest BCUT2D eigenvalue weighted by Crippen LogP contribution is 2.38. The van der Waals surface area contributed by atoms with Gasteiger partial charge in [-0.25, -0.2) is 4.98 Å². The monoisotopic (exact) mass is 361 g/mol. The third kappa shape index (κ3) is 2.52. The molecule has 2 N–H and O–H groups in total. The van der Waals surface area contributed by atoms with Crippen molar-refractivity contribution in [2.45, 2.75) is 0 Å². The third-order valence-electron chi connectivity index (χ3n) is 4.46. The summed E-state index contributed by atoms with van der Waals surface area (Å²) < 4.78 is 13.2. The molecule has 4 aromatic rings. The van der Waals surface area contributed by atoms with Crippen LogP contribution in [-0.4, -0.2) is 38.0 Å². The van der Waals surface area contributed by atoms with Crippen molar-refractivity contribution in [2.75, 3.05) is 13.2 Å². The third-order valence-corrected chi connectivity index (χ3v) is 4.46. The molecule has 0 amide bonds. The van der Waals surface area contributed by atoms with Gasteiger partial charge in [0.15, 0.2) is 11.5 Å². The van der Waals surface area contributed by atoms with Crippen LogP contribution in [0.2, 0.25) is 0 Å². The Morgan fingerprint density at radius 3 is 2.67 bits per heavy atom. The van der Waals surface area contributed by atoms with Gasteiger partial charge in [-0.2, -0.15) is 0 Å². The Hall–Kier alpha value is -3.74. The number of ether oxygens (including phenoxy) is 2. The highest BCUT2D eigenvalue weighted by Gasteiger charge is 2.20. The molecule has 0 radical (unpaired) electrons. The lowest BCUT2D eigenvalue weighted by Crippen LogP contribution is -2.15. The number of aromatic hydroxyl groups is 2. The van der Waals surface area contributed by atoms with E-state index in [-0.39, 0.29) is 11.5 Å². The van der Waals surface area contributed by atoms with Crippen molar-refractivity contribution >= 4 is 11.0 Å². The molecule has 0 fully saturated rings. The lowest BCUT2D eigenvalue weighted by molar-refractivity contribution is 0.171. The molecule has 3 heterocycles. The Kier molecular flexibility index (Phi) is 3.39. The summed E-state index contributed by atoms with van der Waals surface area (Å²) >= 11 is 0. The molecular formula is C20H15N3O4. The lowest BCUT2D eigenvalue weighted by atomic mass is 10.1. The Morgan fingerprint density at radius 2 is 1.78 bits per heavy atom. The van der Waals surface area contributed by atoms with Crippen LogP contribution in [-0.2, 0) is 0 Å². The minimum atomic E-state index is 0.0230. The second kappa shape index (κ2) is 5.91. The molecule has 134 valence electrons. The van der Waals surface area contributed by atoms with E-state index in [2.05, 4.69) is 9.97 Å². The molecule has 0 saturated heterocycles. The largest absolute Gasteiger partial charge is 0.508 e. The van der Waals surface area contributed by atoms with E-state index in [9.17, 15) is 10.2 Å². The van der Waals surface area contributed by atoms with Crippen LogP contribution in [0.3, 0.4) is 0 Å². The van der Waals surface area contributed by atoms with Crippen LogP contribution in [0.5, 0.6) is 23.0 Å². The number of pyridine rings is 1. The van der Waals surface area contributed by atoms with Gasteiger partial charge in [0, 0.05) is 12.3 Å². The molecule has 0 atom stereocenters. The number of phenols is 2. The summed E-state index contributed by atoms with van der Waals surface area (Å²) in [5.74, 6) is 1.90. The van der Waals surface area contributed by atoms with Crippen LogP contribution in [0.15, 0.2) is 54.9 Å². The van der Waals surface area contributed by atoms with Gasteiger partial charge in [0.2, 0.25) is 0 Å². The van der Waals surface area contributed by atoms with Gasteiger partial charge in [-0.15, -0.1) is 0 Å². The maximum Gasteiger partial charge on any atom is 0.163 e. The second-order valence-corrected chi connectivity index (χ2v) is 6.16. The molecule has 0 unspecified atom stereocenters. The van der Waals surface area contributed by atoms with Crippen molar-refractivity contribution in [1.82, 2.24) is 14.5 Å². The molecular weight excluding hydrogens is 346 g/mol. The standard InChI is InChI=1S/C20H15N3O4/c24-13-2-3-17(25)14(10-13)20-22-15-11-21-6-5-16(15)23(20)12-1-4-18-19(9-12)27-8-7-26-18/h1-6,9-11,24-25H,7-8H2. The van der Waals surface area contributed by atoms with E-state index in [0.717, 1.165) is 11.2 Å². The molecule has 0 bridgehead atoms. The number of phenolic OH excluding ortho intramolecular Hbond substituents is 2. The van der Waals surface area contributed by atoms with Gasteiger partial charge < -0.3 is 19.7 Å². The first-order valence-electron chi connectivity index (χ1n) is 8.45. The Morgan fingerprint density at radius 1 is 0.926 bits per heavy atom. The Labute approximate surface area is 154 Å². The zero-order valence-electron chi connectivity index (χ0n) is 14.2. The number of benzene rings is 2. The van der Waals surface area contributed by atoms with Crippen molar-refractivity contribution in [3.05, 3.63) is 54.9 Å². The predicted octanol–water partition coefficient (Wildman–Crippen LogP) is 3.27. The molecule has 0 spiro atoms. The van der Waals surface area contributed by atoms with Crippen molar-refractivity contribution in [3.8, 4) is 40.1 Å². The fourth-order valence-corrected chi connectivity index (χ4v) is 3.25. The summed E-state index contributed by atoms with van der Waals surface area (Å²) in [5.41, 5.74) is 2.70. The lowest BCUT2D eigenvalue weighted by Gasteiger charge is -2.19. The van der Waals surface area contributed by atoms with Crippen molar-refractivity contribution in [1.29, 1.82) is 0 Å². The number of imidazole rings is 1. The van der Waals surface area contributed by atoms with Crippen LogP contribution < -0.4 is 9.47 Å². The molecule has 7 heteroatoms. The van der Waals surface area contributed by atoms with E-state index in [1.807, 2.05) is 28.8 Å². The average molecular weight is 361 g/mol. The molecule has 1 aliphatic heterocycles. The SMILES string of the molecule is Oc1ccc(O)c(-c2nc3cnccc3n2-c2ccc3c(c2)OCCO3)c1. The van der Waals surface area contributed by atoms with E-state index < -0.39 is 0 Å². The van der Waals surface area contributed by atoms with Crippen molar-refractivity contribution in [2.24, 2.45) is 0 Å². The second-order valence-electron chi connectivity index (χ2n) is 6.16. The van der Waals surface area contributed by atoms with Gasteiger partial charge in [-0.05, 0) is 36.4 Å². The predicted molar refractivity (Wildman–Crippen MR) is 98.6 cm³/mol. The first-order valence-corrected chi connectivity index (χ1v) is 8.45. The van der Waals surface area contributed by atoms with Crippen molar-refractivity contribution in [3.63, 3.8) is 0 Å². The summed E-state index contributed by atoms with van der Waals surface area (Å²) in [6, 6.07) is 11.8. The fourth-order valence-electron chi connectivity index (χ4n) is 3.25. The Bertz CT molecular complexity index is 1170. The Balaban J connectivity index is 1.80. The molecule has 2 aromatic heterocycles. The molecule has 0 aliphatic carbocycles. The van der Waals surface area contributed by atoms with Crippen LogP contribution in [0.4, 0.5) is 0 Å². The van der Waals surface area contributed by atoms with E-state index in [1.54, 1.807) is 12.4 Å². The van der Waals surface area contributed by atoms with Crippen LogP contribution in [0.1, 0.15) is 0 Å². The molecule has 2 aromatic carbocycles. The smallest absolute Gasteiger partial charge is 0.163 e. The first-order chi connectivity index (χ1) is 13.2. The van der Waals surface area contributed by atoms with Crippen LogP contribution in [0.25, 0.3) is 28.1 Å². The van der Waals surface area contributed by atoms with Gasteiger partial charge in [-0.3, -0.25) is 9.55 Å². The summed E-state index contributed by atoms with van der Waals surface area (Å²) in [4.78, 5) is 8.76. The summed E-state index contributed by atoms with van der Waals surface area (Å²) in [6.45, 7) is 1.01. The van der Waals surface area contributed by atoms with Gasteiger partial charge in [0.1, 0.15) is 36.1 Å². The number of aromatic nitrogens is 3. The van der Waals surface area contributed by atoms with Crippen LogP contribution in [0, 0.1) is 0 Å². The molecule has 1 aliphatic rings. The van der Waals surface area contributed by atoms with Crippen LogP contribution >= 0.6 is 0 Å². The quantitative estimate of drug-likeness (QED) is 0.533. The van der Waals surface area contributed by atoms with E-state index in [4.69, 9.17) is 9.47 Å². The van der Waals surface area contributed by atoms with Gasteiger partial charge in [-0.1, -0.05) is 0 Å². The number of nitrogens with zero attached hydrogens (tertiary/aromatic N) is 3. The van der Waals surface area contributed by atoms with Gasteiger partial charge >= 0.3 is 0 Å². The minimum Gasteiger partial charge on any atom is -0.508 e. The van der Waals surface area contributed by atoms with E-state index >= 15 is 0 Å². The summed E-state index contributed by atoms with van der Waals surface area (Å²) in [6.07, 6.45) is 3.35. The zero-order chi connectivity index (χ0) is 18.4. The average Bonchev–Trinajstić information content (AvgIpc) is 3.08. The van der Waals surface area contributed by atoms with E-state index in [0.29, 0.717) is 41.6 Å². The highest BCUT2D eigenvalue weighted by atomic mass is 16.6. The molecule has 5 rings (SSSR count). The zero-order valence-corrected chi connectivity index (χ0v) is 14.2. The summed E-state index contributed by atoms with van der Waals surface area (Å²) in [5, 5.41) is 20.2. The highest BCUT2D eigenvalue weighted by molar-refractivity contribution is 5.84. The number of rotatable bonds is 2. The normalized spacial score (nSPS) is 13.0. The molecule has 0 saturated carbocycles. The van der Waals surface area contributed by atoms with Gasteiger partial charge in [0.25, 0.3) is 0 Å². The fraction of sp³-hybridized carbons (Fsp3) is 0.100. The van der Waals surface area contributed by atoms with E-state index in [1.165, 1.54) is 18.2 Å². The minimum absolute atomic E-state index is 0.0230. The van der Waals surface area contributed by atoms with Gasteiger partial charge in [0.05, 0.1) is 23.0 Å². The number of hydrogen-bond acceptors (Lipinski definition) is 6. The maximum atomic E-state index is 10.4.